The topological polar surface area (TPSA) is 56.0 Å². The quantitative estimate of drug-likeness (QED) is 0.483. The van der Waals surface area contributed by atoms with Gasteiger partial charge >= 0.3 is 0 Å². The zero-order valence-electron chi connectivity index (χ0n) is 11.3. The van der Waals surface area contributed by atoms with E-state index in [1.165, 1.54) is 11.3 Å². The lowest BCUT2D eigenvalue weighted by Gasteiger charge is -1.95. The van der Waals surface area contributed by atoms with Crippen molar-refractivity contribution in [3.8, 4) is 11.3 Å². The van der Waals surface area contributed by atoms with Crippen LogP contribution in [0.3, 0.4) is 0 Å². The molecule has 0 radical (unpaired) electrons. The van der Waals surface area contributed by atoms with Crippen LogP contribution in [0.4, 0.5) is 0 Å². The Kier molecular flexibility index (Phi) is 4.57. The average molecular weight is 353 g/mol. The predicted octanol–water partition coefficient (Wildman–Crippen LogP) is 4.92. The Morgan fingerprint density at radius 2 is 2.09 bits per heavy atom. The first kappa shape index (κ1) is 15.2. The maximum Gasteiger partial charge on any atom is 0.173 e. The minimum absolute atomic E-state index is 0.0445. The van der Waals surface area contributed by atoms with Crippen LogP contribution in [0, 0.1) is 0 Å². The lowest BCUT2D eigenvalue weighted by Crippen LogP contribution is -1.97. The highest BCUT2D eigenvalue weighted by molar-refractivity contribution is 7.18. The summed E-state index contributed by atoms with van der Waals surface area (Å²) in [5.74, 6) is 0.698. The van der Waals surface area contributed by atoms with E-state index in [2.05, 4.69) is 10.1 Å². The van der Waals surface area contributed by atoms with Gasteiger partial charge in [0, 0.05) is 30.7 Å². The van der Waals surface area contributed by atoms with Crippen molar-refractivity contribution in [2.45, 2.75) is 12.8 Å². The minimum Gasteiger partial charge on any atom is -0.361 e. The summed E-state index contributed by atoms with van der Waals surface area (Å²) in [6.45, 7) is 0. The van der Waals surface area contributed by atoms with Gasteiger partial charge in [-0.05, 0) is 24.3 Å². The van der Waals surface area contributed by atoms with E-state index in [4.69, 9.17) is 27.7 Å². The molecule has 0 aliphatic carbocycles. The molecule has 0 fully saturated rings. The predicted molar refractivity (Wildman–Crippen MR) is 86.7 cm³/mol. The van der Waals surface area contributed by atoms with Gasteiger partial charge in [0.15, 0.2) is 5.78 Å². The van der Waals surface area contributed by atoms with Crippen molar-refractivity contribution >= 4 is 40.3 Å². The SMILES string of the molecule is O=C(CCc1cc(-c2ccc(Cl)nc2)no1)c1ccc(Cl)s1. The third kappa shape index (κ3) is 3.55. The molecule has 0 bridgehead atoms. The molecule has 3 heterocycles. The fourth-order valence-corrected chi connectivity index (χ4v) is 3.04. The summed E-state index contributed by atoms with van der Waals surface area (Å²) >= 11 is 12.9. The smallest absolute Gasteiger partial charge is 0.173 e. The Labute approximate surface area is 140 Å². The van der Waals surface area contributed by atoms with Gasteiger partial charge in [0.1, 0.15) is 16.6 Å². The van der Waals surface area contributed by atoms with E-state index < -0.39 is 0 Å². The van der Waals surface area contributed by atoms with Crippen molar-refractivity contribution in [2.75, 3.05) is 0 Å². The van der Waals surface area contributed by atoms with E-state index in [1.54, 1.807) is 30.5 Å². The second-order valence-corrected chi connectivity index (χ2v) is 6.68. The van der Waals surface area contributed by atoms with Crippen molar-refractivity contribution in [3.05, 3.63) is 56.7 Å². The third-order valence-corrected chi connectivity index (χ3v) is 4.52. The Morgan fingerprint density at radius 1 is 1.23 bits per heavy atom. The molecule has 0 saturated carbocycles. The van der Waals surface area contributed by atoms with E-state index in [1.807, 2.05) is 6.07 Å². The summed E-state index contributed by atoms with van der Waals surface area (Å²) in [6.07, 6.45) is 2.47. The van der Waals surface area contributed by atoms with E-state index in [9.17, 15) is 4.79 Å². The zero-order valence-corrected chi connectivity index (χ0v) is 13.6. The maximum absolute atomic E-state index is 12.0. The number of aryl methyl sites for hydroxylation is 1. The van der Waals surface area contributed by atoms with E-state index >= 15 is 0 Å². The number of halogens is 2. The molecule has 0 aliphatic rings. The van der Waals surface area contributed by atoms with E-state index in [0.29, 0.717) is 38.7 Å². The summed E-state index contributed by atoms with van der Waals surface area (Å²) in [6, 6.07) is 8.77. The summed E-state index contributed by atoms with van der Waals surface area (Å²) in [5.41, 5.74) is 1.49. The second-order valence-electron chi connectivity index (χ2n) is 4.57. The number of hydrogen-bond donors (Lipinski definition) is 0. The van der Waals surface area contributed by atoms with Crippen LogP contribution in [-0.4, -0.2) is 15.9 Å². The number of nitrogens with zero attached hydrogens (tertiary/aromatic N) is 2. The molecule has 0 amide bonds. The number of carbonyl (C=O) groups is 1. The third-order valence-electron chi connectivity index (χ3n) is 3.03. The van der Waals surface area contributed by atoms with Gasteiger partial charge < -0.3 is 4.52 Å². The maximum atomic E-state index is 12.0. The van der Waals surface area contributed by atoms with Crippen LogP contribution in [0.5, 0.6) is 0 Å². The number of pyridine rings is 1. The van der Waals surface area contributed by atoms with Gasteiger partial charge in [0.2, 0.25) is 0 Å². The molecule has 0 saturated heterocycles. The van der Waals surface area contributed by atoms with Crippen molar-refractivity contribution in [2.24, 2.45) is 0 Å². The molecule has 0 atom stereocenters. The normalized spacial score (nSPS) is 10.8. The monoisotopic (exact) mass is 352 g/mol. The summed E-state index contributed by atoms with van der Waals surface area (Å²) in [4.78, 5) is 16.7. The first-order chi connectivity index (χ1) is 10.6. The number of Topliss-reactive ketones (excluding diaryl/α,β-unsaturated/α-hetero) is 1. The minimum atomic E-state index is 0.0445. The number of ketones is 1. The highest BCUT2D eigenvalue weighted by Gasteiger charge is 2.12. The molecule has 0 spiro atoms. The molecule has 112 valence electrons. The summed E-state index contributed by atoms with van der Waals surface area (Å²) in [7, 11) is 0. The Balaban J connectivity index is 1.64. The standard InChI is InChI=1S/C15H10Cl2N2O2S/c16-14-5-1-9(8-18-14)11-7-10(21-19-11)2-3-12(20)13-4-6-15(17)22-13/h1,4-8H,2-3H2. The molecule has 0 unspecified atom stereocenters. The Bertz CT molecular complexity index is 796. The molecule has 3 aromatic rings. The lowest BCUT2D eigenvalue weighted by atomic mass is 10.1. The first-order valence-electron chi connectivity index (χ1n) is 6.48. The fourth-order valence-electron chi connectivity index (χ4n) is 1.92. The average Bonchev–Trinajstić information content (AvgIpc) is 3.15. The summed E-state index contributed by atoms with van der Waals surface area (Å²) < 4.78 is 5.87. The zero-order chi connectivity index (χ0) is 15.5. The van der Waals surface area contributed by atoms with Gasteiger partial charge in [-0.15, -0.1) is 11.3 Å². The van der Waals surface area contributed by atoms with Gasteiger partial charge in [-0.2, -0.15) is 0 Å². The molecule has 7 heteroatoms. The van der Waals surface area contributed by atoms with Crippen molar-refractivity contribution in [3.63, 3.8) is 0 Å². The summed E-state index contributed by atoms with van der Waals surface area (Å²) in [5, 5.41) is 4.41. The molecular formula is C15H10Cl2N2O2S. The van der Waals surface area contributed by atoms with Gasteiger partial charge in [-0.25, -0.2) is 4.98 Å². The Hall–Kier alpha value is -1.69. The molecule has 3 rings (SSSR count). The van der Waals surface area contributed by atoms with E-state index in [0.717, 1.165) is 5.56 Å². The molecule has 0 N–H and O–H groups in total. The van der Waals surface area contributed by atoms with Gasteiger partial charge in [-0.1, -0.05) is 28.4 Å². The number of thiophene rings is 1. The van der Waals surface area contributed by atoms with Gasteiger partial charge in [0.05, 0.1) is 9.21 Å². The molecule has 22 heavy (non-hydrogen) atoms. The second kappa shape index (κ2) is 6.60. The number of carbonyl (C=O) groups excluding carboxylic acids is 1. The van der Waals surface area contributed by atoms with Gasteiger partial charge in [-0.3, -0.25) is 4.79 Å². The van der Waals surface area contributed by atoms with Crippen LogP contribution in [0.15, 0.2) is 41.1 Å². The molecule has 3 aromatic heterocycles. The van der Waals surface area contributed by atoms with Crippen LogP contribution in [-0.2, 0) is 6.42 Å². The number of rotatable bonds is 5. The van der Waals surface area contributed by atoms with E-state index in [-0.39, 0.29) is 5.78 Å². The van der Waals surface area contributed by atoms with Crippen LogP contribution in [0.25, 0.3) is 11.3 Å². The highest BCUT2D eigenvalue weighted by Crippen LogP contribution is 2.24. The van der Waals surface area contributed by atoms with Crippen LogP contribution in [0.2, 0.25) is 9.49 Å². The molecule has 4 nitrogen and oxygen atoms in total. The number of hydrogen-bond acceptors (Lipinski definition) is 5. The first-order valence-corrected chi connectivity index (χ1v) is 8.05. The van der Waals surface area contributed by atoms with Gasteiger partial charge in [0.25, 0.3) is 0 Å². The highest BCUT2D eigenvalue weighted by atomic mass is 35.5. The molecular weight excluding hydrogens is 343 g/mol. The van der Waals surface area contributed by atoms with Crippen molar-refractivity contribution in [1.29, 1.82) is 0 Å². The molecule has 0 aliphatic heterocycles. The van der Waals surface area contributed by atoms with Crippen LogP contribution in [0.1, 0.15) is 21.9 Å². The lowest BCUT2D eigenvalue weighted by molar-refractivity contribution is 0.0984. The van der Waals surface area contributed by atoms with Crippen LogP contribution >= 0.6 is 34.5 Å². The van der Waals surface area contributed by atoms with Crippen molar-refractivity contribution < 1.29 is 9.32 Å². The Morgan fingerprint density at radius 3 is 2.77 bits per heavy atom. The molecule has 0 aromatic carbocycles. The largest absolute Gasteiger partial charge is 0.361 e. The van der Waals surface area contributed by atoms with Crippen LogP contribution < -0.4 is 0 Å². The van der Waals surface area contributed by atoms with Crippen molar-refractivity contribution in [1.82, 2.24) is 10.1 Å². The number of aromatic nitrogens is 2. The fraction of sp³-hybridized carbons (Fsp3) is 0.133.